The first-order valence-electron chi connectivity index (χ1n) is 22.3. The van der Waals surface area contributed by atoms with E-state index in [4.69, 9.17) is 4.18 Å². The molecular weight excluding hydrogens is 942 g/mol. The van der Waals surface area contributed by atoms with Crippen LogP contribution in [0.5, 0.6) is 11.5 Å². The van der Waals surface area contributed by atoms with E-state index < -0.39 is 62.0 Å². The maximum atomic E-state index is 13.2. The van der Waals surface area contributed by atoms with Crippen LogP contribution in [0.15, 0.2) is 12.1 Å². The Morgan fingerprint density at radius 1 is 0.677 bits per heavy atom. The first-order valence-corrected chi connectivity index (χ1v) is 26.3. The molecule has 2 amide bonds. The molecule has 3 N–H and O–H groups in total. The van der Waals surface area contributed by atoms with Crippen molar-refractivity contribution in [1.82, 2.24) is 10.2 Å². The van der Waals surface area contributed by atoms with Crippen LogP contribution in [0.2, 0.25) is 0 Å². The van der Waals surface area contributed by atoms with Gasteiger partial charge in [-0.2, -0.15) is 0 Å². The number of amides is 2. The molecule has 5 atom stereocenters. The van der Waals surface area contributed by atoms with E-state index in [1.54, 1.807) is 11.0 Å². The van der Waals surface area contributed by atoms with Crippen molar-refractivity contribution in [3.63, 3.8) is 0 Å². The van der Waals surface area contributed by atoms with E-state index in [0.717, 1.165) is 89.0 Å². The predicted octanol–water partition coefficient (Wildman–Crippen LogP) is -2.66. The minimum Gasteiger partial charge on any atom is -0.726 e. The number of aromatic hydroxyl groups is 2. The van der Waals surface area contributed by atoms with Crippen molar-refractivity contribution in [3.05, 3.63) is 23.3 Å². The normalized spacial score (nSPS) is 17.7. The minimum atomic E-state index is -5.40. The van der Waals surface area contributed by atoms with Crippen molar-refractivity contribution in [2.24, 2.45) is 0 Å². The number of phenols is 2. The first-order chi connectivity index (χ1) is 29.3. The van der Waals surface area contributed by atoms with Crippen LogP contribution in [-0.2, 0) is 59.8 Å². The summed E-state index contributed by atoms with van der Waals surface area (Å²) < 4.78 is 118. The van der Waals surface area contributed by atoms with Crippen molar-refractivity contribution < 1.29 is 160 Å². The second-order valence-corrected chi connectivity index (χ2v) is 19.7. The quantitative estimate of drug-likeness (QED) is 0.0280. The van der Waals surface area contributed by atoms with Gasteiger partial charge in [0.2, 0.25) is 43.0 Å². The molecule has 3 rings (SSSR count). The minimum absolute atomic E-state index is 0. The number of piperidine rings is 1. The Balaban J connectivity index is 0.0000137. The summed E-state index contributed by atoms with van der Waals surface area (Å²) in [6, 6.07) is 2.03. The summed E-state index contributed by atoms with van der Waals surface area (Å²) in [7, 11) is -15.9. The molecule has 24 heteroatoms. The summed E-state index contributed by atoms with van der Waals surface area (Å²) in [6.45, 7) is 2.55. The van der Waals surface area contributed by atoms with Crippen molar-refractivity contribution in [1.29, 1.82) is 0 Å². The summed E-state index contributed by atoms with van der Waals surface area (Å²) in [5, 5.41) is 23.2. The molecule has 0 aliphatic carbocycles. The molecule has 0 radical (unpaired) electrons. The summed E-state index contributed by atoms with van der Waals surface area (Å²) in [5.41, 5.74) is 1.50. The topological polar surface area (TPSA) is 289 Å². The zero-order valence-corrected chi connectivity index (χ0v) is 47.4. The standard InChI is InChI=1S/C41H70N2O16S3.3Na/c1-2-3-4-5-6-12-15-18-21-37(58-61(51,52)53)38(59-62(54,55)56)26-23-33(57-60(48,49)50)20-17-14-11-9-7-8-10-13-16-19-22-39(46)42-34-24-25-35-40-31(27-28-43(35)41(34)47)29-32(44)30-36(40)45;;;/h29-30,33-35,37-38,44-45H,2-28H2,1H3,(H,42,46)(H,48,49,50)(H,51,52,53)(H,54,55,56);;;/q;3*+1/p-3/t33?,34?,35-,37?,38?;;;/m0.../s1. The number of rotatable bonds is 33. The third-order valence-corrected chi connectivity index (χ3v) is 13.1. The van der Waals surface area contributed by atoms with Crippen LogP contribution in [0.1, 0.15) is 185 Å². The van der Waals surface area contributed by atoms with Crippen LogP contribution in [0.4, 0.5) is 0 Å². The van der Waals surface area contributed by atoms with Gasteiger partial charge in [0, 0.05) is 24.6 Å². The number of nitrogens with one attached hydrogen (secondary N) is 1. The molecule has 0 spiro atoms. The molecule has 65 heavy (non-hydrogen) atoms. The third kappa shape index (κ3) is 27.5. The Labute approximate surface area is 454 Å². The van der Waals surface area contributed by atoms with Crippen molar-refractivity contribution >= 4 is 43.0 Å². The number of hydrogen-bond acceptors (Lipinski definition) is 16. The molecule has 2 heterocycles. The fraction of sp³-hybridized carbons (Fsp3) is 0.805. The number of fused-ring (bicyclic) bond motifs is 3. The number of carbonyl (C=O) groups excluding carboxylic acids is 2. The smallest absolute Gasteiger partial charge is 0.726 e. The molecule has 1 fully saturated rings. The van der Waals surface area contributed by atoms with E-state index >= 15 is 0 Å². The average molecular weight is 1010 g/mol. The maximum absolute atomic E-state index is 13.2. The summed E-state index contributed by atoms with van der Waals surface area (Å²) in [6.07, 6.45) is 11.7. The van der Waals surface area contributed by atoms with Gasteiger partial charge in [-0.25, -0.2) is 25.3 Å². The van der Waals surface area contributed by atoms with Gasteiger partial charge in [-0.3, -0.25) is 22.1 Å². The van der Waals surface area contributed by atoms with Crippen LogP contribution in [0.3, 0.4) is 0 Å². The summed E-state index contributed by atoms with van der Waals surface area (Å²) >= 11 is 0. The Morgan fingerprint density at radius 2 is 1.15 bits per heavy atom. The van der Waals surface area contributed by atoms with E-state index in [-0.39, 0.29) is 137 Å². The van der Waals surface area contributed by atoms with E-state index in [0.29, 0.717) is 69.9 Å². The molecule has 2 aliphatic heterocycles. The Morgan fingerprint density at radius 3 is 1.68 bits per heavy atom. The Hall–Kier alpha value is 0.370. The molecule has 1 aromatic rings. The van der Waals surface area contributed by atoms with E-state index in [9.17, 15) is 58.7 Å². The molecule has 1 aromatic carbocycles. The van der Waals surface area contributed by atoms with Gasteiger partial charge < -0.3 is 34.1 Å². The first kappa shape index (κ1) is 65.4. The fourth-order valence-corrected chi connectivity index (χ4v) is 10.2. The third-order valence-electron chi connectivity index (χ3n) is 11.7. The monoisotopic (exact) mass is 1010 g/mol. The van der Waals surface area contributed by atoms with Gasteiger partial charge in [0.15, 0.2) is 0 Å². The molecule has 2 aliphatic rings. The van der Waals surface area contributed by atoms with E-state index in [2.05, 4.69) is 20.6 Å². The van der Waals surface area contributed by atoms with Crippen molar-refractivity contribution in [2.45, 2.75) is 204 Å². The summed E-state index contributed by atoms with van der Waals surface area (Å²) in [4.78, 5) is 27.6. The maximum Gasteiger partial charge on any atom is 1.00 e. The number of unbranched alkanes of at least 4 members (excludes halogenated alkanes) is 16. The second-order valence-electron chi connectivity index (χ2n) is 16.7. The van der Waals surface area contributed by atoms with Crippen molar-refractivity contribution in [3.8, 4) is 11.5 Å². The Bertz CT molecular complexity index is 1880. The number of nitrogens with zero attached hydrogens (tertiary/aromatic N) is 1. The number of hydrogen-bond donors (Lipinski definition) is 3. The van der Waals surface area contributed by atoms with Gasteiger partial charge in [0.1, 0.15) is 29.7 Å². The fourth-order valence-electron chi connectivity index (χ4n) is 8.64. The zero-order valence-electron chi connectivity index (χ0n) is 38.9. The van der Waals surface area contributed by atoms with Gasteiger partial charge in [-0.15, -0.1) is 0 Å². The number of phenolic OH excluding ortho intramolecular Hbond substituents is 2. The average Bonchev–Trinajstić information content (AvgIpc) is 3.16. The van der Waals surface area contributed by atoms with Gasteiger partial charge >= 0.3 is 88.7 Å². The largest absolute Gasteiger partial charge is 1.00 e. The van der Waals surface area contributed by atoms with Crippen LogP contribution in [-0.4, -0.2) is 96.7 Å². The van der Waals surface area contributed by atoms with Gasteiger partial charge in [-0.05, 0) is 63.0 Å². The number of carbonyl (C=O) groups is 2. The molecule has 18 nitrogen and oxygen atoms in total. The van der Waals surface area contributed by atoms with Crippen LogP contribution >= 0.6 is 0 Å². The molecule has 358 valence electrons. The Kier molecular flexibility index (Phi) is 34.1. The van der Waals surface area contributed by atoms with Gasteiger partial charge in [0.25, 0.3) is 0 Å². The molecule has 0 saturated carbocycles. The van der Waals surface area contributed by atoms with Crippen LogP contribution in [0.25, 0.3) is 0 Å². The zero-order chi connectivity index (χ0) is 45.8. The van der Waals surface area contributed by atoms with E-state index in [1.807, 2.05) is 0 Å². The van der Waals surface area contributed by atoms with E-state index in [1.165, 1.54) is 6.07 Å². The second kappa shape index (κ2) is 33.9. The summed E-state index contributed by atoms with van der Waals surface area (Å²) in [5.74, 6) is -0.362. The van der Waals surface area contributed by atoms with Crippen LogP contribution in [0, 0.1) is 0 Å². The van der Waals surface area contributed by atoms with Crippen molar-refractivity contribution in [2.75, 3.05) is 6.54 Å². The van der Waals surface area contributed by atoms with Gasteiger partial charge in [-0.1, -0.05) is 116 Å². The van der Waals surface area contributed by atoms with Gasteiger partial charge in [0.05, 0.1) is 12.1 Å². The molecule has 1 saturated heterocycles. The molecule has 0 bridgehead atoms. The SMILES string of the molecule is CCCCCCCCCCC(OS(=O)(=O)[O-])C(CCC(CCCCCCCCCCCCC(=O)NC1CC[C@H]2c3c(O)cc(O)cc3CCN2C1=O)OS(=O)(=O)[O-])OS(=O)(=O)[O-].[Na+].[Na+].[Na+]. The molecular formula is C41H67N2Na3O16S3. The number of benzene rings is 1. The predicted molar refractivity (Wildman–Crippen MR) is 225 cm³/mol. The molecule has 0 aromatic heterocycles. The van der Waals surface area contributed by atoms with Crippen LogP contribution < -0.4 is 94.0 Å². The molecule has 4 unspecified atom stereocenters.